The van der Waals surface area contributed by atoms with Gasteiger partial charge < -0.3 is 4.74 Å². The molecule has 4 heteroatoms. The lowest BCUT2D eigenvalue weighted by Gasteiger charge is -2.09. The molecule has 2 aromatic rings. The van der Waals surface area contributed by atoms with Gasteiger partial charge in [0.05, 0.1) is 12.3 Å². The van der Waals surface area contributed by atoms with E-state index in [0.717, 1.165) is 4.88 Å². The number of carbonyl (C=O) groups is 1. The molecule has 0 bridgehead atoms. The highest BCUT2D eigenvalue weighted by molar-refractivity contribution is 7.10. The summed E-state index contributed by atoms with van der Waals surface area (Å²) in [4.78, 5) is 17.2. The third-order valence-electron chi connectivity index (χ3n) is 2.32. The zero-order valence-electron chi connectivity index (χ0n) is 10.4. The Hall–Kier alpha value is -1.68. The monoisotopic (exact) mass is 261 g/mol. The van der Waals surface area contributed by atoms with Crippen molar-refractivity contribution >= 4 is 17.1 Å². The first-order valence-corrected chi connectivity index (χ1v) is 6.70. The largest absolute Gasteiger partial charge is 0.489 e. The van der Waals surface area contributed by atoms with E-state index < -0.39 is 0 Å². The Kier molecular flexibility index (Phi) is 4.10. The van der Waals surface area contributed by atoms with Crippen LogP contribution in [-0.2, 0) is 6.42 Å². The number of thiophene rings is 1. The molecule has 0 aliphatic rings. The van der Waals surface area contributed by atoms with Crippen LogP contribution in [0.25, 0.3) is 0 Å². The quantitative estimate of drug-likeness (QED) is 0.775. The lowest BCUT2D eigenvalue weighted by atomic mass is 10.1. The topological polar surface area (TPSA) is 39.2 Å². The summed E-state index contributed by atoms with van der Waals surface area (Å²) in [5, 5.41) is 1.97. The maximum atomic E-state index is 12.1. The molecule has 2 rings (SSSR count). The van der Waals surface area contributed by atoms with Gasteiger partial charge in [0.25, 0.3) is 0 Å². The first-order chi connectivity index (χ1) is 8.65. The van der Waals surface area contributed by atoms with Gasteiger partial charge in [-0.25, -0.2) is 0 Å². The number of pyridine rings is 1. The second-order valence-corrected chi connectivity index (χ2v) is 5.29. The number of rotatable bonds is 5. The predicted molar refractivity (Wildman–Crippen MR) is 72.4 cm³/mol. The lowest BCUT2D eigenvalue weighted by molar-refractivity contribution is 0.0992. The summed E-state index contributed by atoms with van der Waals surface area (Å²) in [5.74, 6) is 0.709. The number of nitrogens with zero attached hydrogens (tertiary/aromatic N) is 1. The van der Waals surface area contributed by atoms with Gasteiger partial charge in [0.15, 0.2) is 5.78 Å². The van der Waals surface area contributed by atoms with Crippen molar-refractivity contribution in [3.63, 3.8) is 0 Å². The van der Waals surface area contributed by atoms with Crippen molar-refractivity contribution < 1.29 is 9.53 Å². The number of aromatic nitrogens is 1. The van der Waals surface area contributed by atoms with Gasteiger partial charge in [0.2, 0.25) is 0 Å². The Morgan fingerprint density at radius 1 is 1.44 bits per heavy atom. The van der Waals surface area contributed by atoms with E-state index in [9.17, 15) is 4.79 Å². The first-order valence-electron chi connectivity index (χ1n) is 5.82. The Morgan fingerprint density at radius 3 is 2.94 bits per heavy atom. The number of Topliss-reactive ketones (excluding diaryl/α,β-unsaturated/α-hetero) is 1. The minimum atomic E-state index is 0.0687. The van der Waals surface area contributed by atoms with E-state index in [1.54, 1.807) is 29.8 Å². The van der Waals surface area contributed by atoms with E-state index in [-0.39, 0.29) is 11.9 Å². The zero-order valence-corrected chi connectivity index (χ0v) is 11.2. The number of carbonyl (C=O) groups excluding carboxylic acids is 1. The molecule has 0 aliphatic carbocycles. The van der Waals surface area contributed by atoms with Gasteiger partial charge in [0, 0.05) is 23.1 Å². The molecule has 0 saturated heterocycles. The van der Waals surface area contributed by atoms with Crippen LogP contribution in [0.1, 0.15) is 29.1 Å². The summed E-state index contributed by atoms with van der Waals surface area (Å²) in [6.45, 7) is 3.89. The molecule has 18 heavy (non-hydrogen) atoms. The molecule has 94 valence electrons. The zero-order chi connectivity index (χ0) is 13.0. The summed E-state index contributed by atoms with van der Waals surface area (Å²) >= 11 is 1.59. The van der Waals surface area contributed by atoms with E-state index in [2.05, 4.69) is 4.98 Å². The molecule has 0 atom stereocenters. The minimum absolute atomic E-state index is 0.0687. The predicted octanol–water partition coefficient (Wildman–Crippen LogP) is 3.36. The maximum absolute atomic E-state index is 12.1. The standard InChI is InChI=1S/C14H15NO2S/c1-10(2)17-12-6-11(8-15-9-12)14(16)7-13-4-3-5-18-13/h3-6,8-10H,7H2,1-2H3. The van der Waals surface area contributed by atoms with Crippen molar-refractivity contribution in [2.75, 3.05) is 0 Å². The van der Waals surface area contributed by atoms with Gasteiger partial charge in [-0.2, -0.15) is 0 Å². The number of hydrogen-bond acceptors (Lipinski definition) is 4. The summed E-state index contributed by atoms with van der Waals surface area (Å²) in [7, 11) is 0. The highest BCUT2D eigenvalue weighted by Crippen LogP contribution is 2.16. The molecule has 0 aromatic carbocycles. The molecule has 0 amide bonds. The SMILES string of the molecule is CC(C)Oc1cncc(C(=O)Cc2cccs2)c1. The van der Waals surface area contributed by atoms with E-state index >= 15 is 0 Å². The van der Waals surface area contributed by atoms with Crippen molar-refractivity contribution in [2.45, 2.75) is 26.4 Å². The summed E-state index contributed by atoms with van der Waals surface area (Å²) in [6, 6.07) is 5.66. The summed E-state index contributed by atoms with van der Waals surface area (Å²) < 4.78 is 5.53. The van der Waals surface area contributed by atoms with Gasteiger partial charge in [-0.05, 0) is 31.4 Å². The van der Waals surface area contributed by atoms with Crippen LogP contribution in [0.5, 0.6) is 5.75 Å². The Labute approximate surface area is 110 Å². The molecule has 2 aromatic heterocycles. The van der Waals surface area contributed by atoms with Crippen molar-refractivity contribution in [3.05, 3.63) is 46.4 Å². The molecular formula is C14H15NO2S. The van der Waals surface area contributed by atoms with E-state index in [0.29, 0.717) is 17.7 Å². The van der Waals surface area contributed by atoms with Crippen molar-refractivity contribution in [1.82, 2.24) is 4.98 Å². The third kappa shape index (κ3) is 3.40. The molecule has 0 spiro atoms. The molecule has 0 N–H and O–H groups in total. The number of ether oxygens (including phenoxy) is 1. The van der Waals surface area contributed by atoms with Crippen molar-refractivity contribution in [3.8, 4) is 5.75 Å². The van der Waals surface area contributed by atoms with Crippen LogP contribution in [0.15, 0.2) is 36.0 Å². The maximum Gasteiger partial charge on any atom is 0.169 e. The molecule has 0 fully saturated rings. The molecule has 0 saturated carbocycles. The van der Waals surface area contributed by atoms with Gasteiger partial charge >= 0.3 is 0 Å². The molecule has 0 aliphatic heterocycles. The van der Waals surface area contributed by atoms with E-state index in [1.165, 1.54) is 0 Å². The molecule has 0 radical (unpaired) electrons. The minimum Gasteiger partial charge on any atom is -0.489 e. The normalized spacial score (nSPS) is 10.6. The van der Waals surface area contributed by atoms with E-state index in [1.807, 2.05) is 31.4 Å². The number of ketones is 1. The lowest BCUT2D eigenvalue weighted by Crippen LogP contribution is -2.08. The average molecular weight is 261 g/mol. The van der Waals surface area contributed by atoms with Crippen LogP contribution < -0.4 is 4.74 Å². The van der Waals surface area contributed by atoms with E-state index in [4.69, 9.17) is 4.74 Å². The second kappa shape index (κ2) is 5.78. The fraction of sp³-hybridized carbons (Fsp3) is 0.286. The van der Waals surface area contributed by atoms with Crippen LogP contribution in [0.2, 0.25) is 0 Å². The molecule has 0 unspecified atom stereocenters. The molecule has 3 nitrogen and oxygen atoms in total. The van der Waals surface area contributed by atoms with Gasteiger partial charge in [-0.1, -0.05) is 6.07 Å². The molecular weight excluding hydrogens is 246 g/mol. The fourth-order valence-corrected chi connectivity index (χ4v) is 2.28. The summed E-state index contributed by atoms with van der Waals surface area (Å²) in [5.41, 5.74) is 0.599. The molecule has 2 heterocycles. The van der Waals surface area contributed by atoms with Crippen LogP contribution in [0.4, 0.5) is 0 Å². The van der Waals surface area contributed by atoms with Crippen LogP contribution >= 0.6 is 11.3 Å². The van der Waals surface area contributed by atoms with Gasteiger partial charge in [-0.15, -0.1) is 11.3 Å². The van der Waals surface area contributed by atoms with Crippen LogP contribution in [-0.4, -0.2) is 16.9 Å². The number of hydrogen-bond donors (Lipinski definition) is 0. The van der Waals surface area contributed by atoms with Gasteiger partial charge in [-0.3, -0.25) is 9.78 Å². The average Bonchev–Trinajstić information content (AvgIpc) is 2.81. The van der Waals surface area contributed by atoms with Crippen molar-refractivity contribution in [2.24, 2.45) is 0 Å². The van der Waals surface area contributed by atoms with Crippen LogP contribution in [0.3, 0.4) is 0 Å². The highest BCUT2D eigenvalue weighted by Gasteiger charge is 2.10. The van der Waals surface area contributed by atoms with Crippen molar-refractivity contribution in [1.29, 1.82) is 0 Å². The smallest absolute Gasteiger partial charge is 0.169 e. The Bertz CT molecular complexity index is 520. The second-order valence-electron chi connectivity index (χ2n) is 4.26. The Morgan fingerprint density at radius 2 is 2.28 bits per heavy atom. The van der Waals surface area contributed by atoms with Crippen LogP contribution in [0, 0.1) is 0 Å². The van der Waals surface area contributed by atoms with Gasteiger partial charge in [0.1, 0.15) is 5.75 Å². The highest BCUT2D eigenvalue weighted by atomic mass is 32.1. The first kappa shape index (κ1) is 12.8. The Balaban J connectivity index is 2.10. The summed E-state index contributed by atoms with van der Waals surface area (Å²) in [6.07, 6.45) is 3.71. The fourth-order valence-electron chi connectivity index (χ4n) is 1.58. The third-order valence-corrected chi connectivity index (χ3v) is 3.20.